The third-order valence-electron chi connectivity index (χ3n) is 4.47. The first-order chi connectivity index (χ1) is 13.6. The van der Waals surface area contributed by atoms with Crippen LogP contribution in [0.1, 0.15) is 12.8 Å². The summed E-state index contributed by atoms with van der Waals surface area (Å²) in [5, 5.41) is 2.90. The number of anilines is 1. The van der Waals surface area contributed by atoms with Gasteiger partial charge in [-0.15, -0.1) is 0 Å². The maximum atomic E-state index is 12.3. The molecule has 0 radical (unpaired) electrons. The number of imide groups is 1. The summed E-state index contributed by atoms with van der Waals surface area (Å²) in [5.41, 5.74) is 2.15. The van der Waals surface area contributed by atoms with Crippen LogP contribution in [-0.4, -0.2) is 49.8 Å². The van der Waals surface area contributed by atoms with Gasteiger partial charge in [-0.2, -0.15) is 0 Å². The molecule has 3 rings (SSSR count). The zero-order chi connectivity index (χ0) is 20.1. The Balaban J connectivity index is 1.53. The number of aromatic nitrogens is 4. The zero-order valence-corrected chi connectivity index (χ0v) is 15.8. The van der Waals surface area contributed by atoms with Gasteiger partial charge in [-0.05, 0) is 18.9 Å². The Labute approximate surface area is 163 Å². The van der Waals surface area contributed by atoms with E-state index in [9.17, 15) is 9.59 Å². The Morgan fingerprint density at radius 1 is 1.04 bits per heavy atom. The number of nitrogens with zero attached hydrogens (tertiary/aromatic N) is 5. The number of hydrogen-bond donors (Lipinski definition) is 1. The van der Waals surface area contributed by atoms with Crippen LogP contribution in [0.25, 0.3) is 11.4 Å². The van der Waals surface area contributed by atoms with E-state index in [1.165, 1.54) is 17.1 Å². The number of carbonyl (C=O) groups is 2. The second-order valence-corrected chi connectivity index (χ2v) is 6.22. The van der Waals surface area contributed by atoms with Crippen LogP contribution in [0.5, 0.6) is 0 Å². The van der Waals surface area contributed by atoms with Gasteiger partial charge in [0.2, 0.25) is 5.95 Å². The van der Waals surface area contributed by atoms with Crippen molar-refractivity contribution in [1.82, 2.24) is 24.4 Å². The highest BCUT2D eigenvalue weighted by molar-refractivity contribution is 6.21. The maximum Gasteiger partial charge on any atom is 0.261 e. The normalized spacial score (nSPS) is 14.0. The lowest BCUT2D eigenvalue weighted by Crippen LogP contribution is -2.32. The van der Waals surface area contributed by atoms with Crippen molar-refractivity contribution in [3.63, 3.8) is 0 Å². The van der Waals surface area contributed by atoms with Crippen molar-refractivity contribution in [2.75, 3.05) is 18.9 Å². The first kappa shape index (κ1) is 19.2. The second-order valence-electron chi connectivity index (χ2n) is 6.22. The van der Waals surface area contributed by atoms with Crippen LogP contribution in [0.3, 0.4) is 0 Å². The van der Waals surface area contributed by atoms with Gasteiger partial charge in [-0.3, -0.25) is 14.5 Å². The molecule has 2 aromatic rings. The molecule has 0 aromatic carbocycles. The minimum atomic E-state index is -0.302. The largest absolute Gasteiger partial charge is 0.357 e. The summed E-state index contributed by atoms with van der Waals surface area (Å²) in [6.07, 6.45) is 9.66. The summed E-state index contributed by atoms with van der Waals surface area (Å²) in [5.74, 6) is -0.0637. The van der Waals surface area contributed by atoms with Gasteiger partial charge in [-0.25, -0.2) is 15.0 Å². The number of rotatable bonds is 9. The molecule has 2 amide bonds. The van der Waals surface area contributed by atoms with Gasteiger partial charge in [0.05, 0.1) is 23.2 Å². The monoisotopic (exact) mass is 378 g/mol. The lowest BCUT2D eigenvalue weighted by Gasteiger charge is -2.14. The average molecular weight is 378 g/mol. The van der Waals surface area contributed by atoms with Crippen molar-refractivity contribution in [3.05, 3.63) is 61.2 Å². The summed E-state index contributed by atoms with van der Waals surface area (Å²) in [7, 11) is 1.76. The SMILES string of the molecule is C=CC1=C(C=C)C(=O)N(CCCCn2cnc(-c3ccnc(NC)n3)c2)C1=O. The molecule has 0 spiro atoms. The molecular formula is C20H22N6O2. The van der Waals surface area contributed by atoms with Gasteiger partial charge in [-0.1, -0.05) is 25.3 Å². The lowest BCUT2D eigenvalue weighted by atomic mass is 10.1. The van der Waals surface area contributed by atoms with Gasteiger partial charge >= 0.3 is 0 Å². The van der Waals surface area contributed by atoms with Crippen LogP contribution in [0.4, 0.5) is 5.95 Å². The topological polar surface area (TPSA) is 93.0 Å². The Hall–Kier alpha value is -3.55. The van der Waals surface area contributed by atoms with Crippen LogP contribution in [0.2, 0.25) is 0 Å². The molecule has 0 aliphatic carbocycles. The highest BCUT2D eigenvalue weighted by Crippen LogP contribution is 2.23. The summed E-state index contributed by atoms with van der Waals surface area (Å²) in [6.45, 7) is 8.30. The second kappa shape index (κ2) is 8.43. The number of carbonyl (C=O) groups excluding carboxylic acids is 2. The van der Waals surface area contributed by atoms with Crippen molar-refractivity contribution in [3.8, 4) is 11.4 Å². The van der Waals surface area contributed by atoms with Gasteiger partial charge in [0.1, 0.15) is 5.69 Å². The fourth-order valence-electron chi connectivity index (χ4n) is 3.01. The zero-order valence-electron chi connectivity index (χ0n) is 15.8. The average Bonchev–Trinajstić information content (AvgIpc) is 3.28. The smallest absolute Gasteiger partial charge is 0.261 e. The number of unbranched alkanes of at least 4 members (excludes halogenated alkanes) is 1. The van der Waals surface area contributed by atoms with E-state index in [2.05, 4.69) is 33.4 Å². The molecule has 1 aliphatic heterocycles. The van der Waals surface area contributed by atoms with E-state index in [0.29, 0.717) is 30.1 Å². The standard InChI is InChI=1S/C20H22N6O2/c1-4-14-15(5-2)19(28)26(18(14)27)11-7-6-10-25-12-17(23-13-25)16-8-9-22-20(21-3)24-16/h4-5,8-9,12-13H,1-2,6-7,10-11H2,3H3,(H,21,22,24). The fourth-order valence-corrected chi connectivity index (χ4v) is 3.01. The number of amides is 2. The molecule has 1 N–H and O–H groups in total. The van der Waals surface area contributed by atoms with Crippen LogP contribution < -0.4 is 5.32 Å². The molecule has 0 fully saturated rings. The van der Waals surface area contributed by atoms with Gasteiger partial charge in [0.25, 0.3) is 11.8 Å². The Morgan fingerprint density at radius 2 is 1.71 bits per heavy atom. The quantitative estimate of drug-likeness (QED) is 0.531. The third-order valence-corrected chi connectivity index (χ3v) is 4.47. The van der Waals surface area contributed by atoms with E-state index in [0.717, 1.165) is 24.4 Å². The van der Waals surface area contributed by atoms with E-state index in [1.807, 2.05) is 10.8 Å². The molecule has 0 unspecified atom stereocenters. The number of hydrogen-bond acceptors (Lipinski definition) is 6. The van der Waals surface area contributed by atoms with Gasteiger partial charge in [0, 0.05) is 32.5 Å². The molecule has 0 bridgehead atoms. The molecule has 0 saturated heterocycles. The first-order valence-corrected chi connectivity index (χ1v) is 8.97. The maximum absolute atomic E-state index is 12.3. The van der Waals surface area contributed by atoms with Gasteiger partial charge < -0.3 is 9.88 Å². The summed E-state index contributed by atoms with van der Waals surface area (Å²) in [4.78, 5) is 38.7. The highest BCUT2D eigenvalue weighted by atomic mass is 16.2. The minimum Gasteiger partial charge on any atom is -0.357 e. The summed E-state index contributed by atoms with van der Waals surface area (Å²) in [6, 6.07) is 1.81. The lowest BCUT2D eigenvalue weighted by molar-refractivity contribution is -0.137. The Morgan fingerprint density at radius 3 is 2.36 bits per heavy atom. The molecule has 0 atom stereocenters. The van der Waals surface area contributed by atoms with E-state index < -0.39 is 0 Å². The number of nitrogens with one attached hydrogen (secondary N) is 1. The first-order valence-electron chi connectivity index (χ1n) is 8.97. The molecule has 28 heavy (non-hydrogen) atoms. The molecule has 0 saturated carbocycles. The molecule has 144 valence electrons. The predicted octanol–water partition coefficient (Wildman–Crippen LogP) is 2.20. The molecule has 3 heterocycles. The fraction of sp³-hybridized carbons (Fsp3) is 0.250. The third kappa shape index (κ3) is 3.75. The molecule has 8 heteroatoms. The van der Waals surface area contributed by atoms with Crippen molar-refractivity contribution in [1.29, 1.82) is 0 Å². The van der Waals surface area contributed by atoms with Crippen LogP contribution in [0, 0.1) is 0 Å². The van der Waals surface area contributed by atoms with Crippen LogP contribution in [-0.2, 0) is 16.1 Å². The van der Waals surface area contributed by atoms with Crippen LogP contribution >= 0.6 is 0 Å². The predicted molar refractivity (Wildman–Crippen MR) is 106 cm³/mol. The molecule has 2 aromatic heterocycles. The van der Waals surface area contributed by atoms with E-state index in [-0.39, 0.29) is 11.8 Å². The van der Waals surface area contributed by atoms with E-state index >= 15 is 0 Å². The van der Waals surface area contributed by atoms with Gasteiger partial charge in [0.15, 0.2) is 0 Å². The number of aryl methyl sites for hydroxylation is 1. The van der Waals surface area contributed by atoms with E-state index in [1.54, 1.807) is 25.6 Å². The van der Waals surface area contributed by atoms with Crippen molar-refractivity contribution in [2.24, 2.45) is 0 Å². The van der Waals surface area contributed by atoms with Crippen LogP contribution in [0.15, 0.2) is 61.2 Å². The summed E-state index contributed by atoms with van der Waals surface area (Å²) < 4.78 is 1.96. The number of imidazole rings is 1. The molecular weight excluding hydrogens is 356 g/mol. The van der Waals surface area contributed by atoms with Crippen molar-refractivity contribution in [2.45, 2.75) is 19.4 Å². The van der Waals surface area contributed by atoms with E-state index in [4.69, 9.17) is 0 Å². The highest BCUT2D eigenvalue weighted by Gasteiger charge is 2.34. The minimum absolute atomic E-state index is 0.302. The Bertz CT molecular complexity index is 929. The summed E-state index contributed by atoms with van der Waals surface area (Å²) >= 11 is 0. The molecule has 8 nitrogen and oxygen atoms in total. The Kier molecular flexibility index (Phi) is 5.78. The van der Waals surface area contributed by atoms with Crippen molar-refractivity contribution < 1.29 is 9.59 Å². The van der Waals surface area contributed by atoms with Crippen molar-refractivity contribution >= 4 is 17.8 Å². The molecule has 1 aliphatic rings.